The van der Waals surface area contributed by atoms with Gasteiger partial charge in [-0.05, 0) is 13.8 Å². The van der Waals surface area contributed by atoms with Crippen molar-refractivity contribution in [1.29, 1.82) is 0 Å². The largest absolute Gasteiger partial charge is 0.461 e. The van der Waals surface area contributed by atoms with E-state index in [2.05, 4.69) is 0 Å². The average molecular weight is 144 g/mol. The van der Waals surface area contributed by atoms with E-state index < -0.39 is 0 Å². The Labute approximate surface area is 60.0 Å². The van der Waals surface area contributed by atoms with Crippen molar-refractivity contribution >= 4 is 5.97 Å². The van der Waals surface area contributed by atoms with E-state index in [0.29, 0.717) is 6.42 Å². The molecule has 0 bridgehead atoms. The second-order valence-electron chi connectivity index (χ2n) is 2.85. The first-order valence-electron chi connectivity index (χ1n) is 3.50. The molecule has 0 aromatic rings. The van der Waals surface area contributed by atoms with E-state index in [1.165, 1.54) is 0 Å². The summed E-state index contributed by atoms with van der Waals surface area (Å²) in [6.07, 6.45) is 0.139. The zero-order chi connectivity index (χ0) is 7.72. The highest BCUT2D eigenvalue weighted by Gasteiger charge is 2.38. The molecular formula is C7H12O3. The topological polar surface area (TPSA) is 46.5 Å². The fourth-order valence-corrected chi connectivity index (χ4v) is 1.03. The molecule has 1 aliphatic heterocycles. The van der Waals surface area contributed by atoms with Crippen molar-refractivity contribution in [2.45, 2.75) is 32.5 Å². The number of aliphatic hydroxyl groups excluding tert-OH is 1. The molecule has 3 atom stereocenters. The van der Waals surface area contributed by atoms with E-state index in [-0.39, 0.29) is 24.1 Å². The third-order valence-corrected chi connectivity index (χ3v) is 1.77. The lowest BCUT2D eigenvalue weighted by atomic mass is 9.95. The Morgan fingerprint density at radius 2 is 2.40 bits per heavy atom. The Balaban J connectivity index is 2.27. The van der Waals surface area contributed by atoms with Crippen LogP contribution in [0, 0.1) is 5.92 Å². The molecule has 0 unspecified atom stereocenters. The van der Waals surface area contributed by atoms with Gasteiger partial charge < -0.3 is 9.84 Å². The van der Waals surface area contributed by atoms with Gasteiger partial charge in [0.1, 0.15) is 6.10 Å². The third kappa shape index (κ3) is 1.29. The van der Waals surface area contributed by atoms with Gasteiger partial charge in [-0.3, -0.25) is 4.79 Å². The van der Waals surface area contributed by atoms with E-state index in [4.69, 9.17) is 9.84 Å². The third-order valence-electron chi connectivity index (χ3n) is 1.77. The van der Waals surface area contributed by atoms with Crippen LogP contribution in [0.25, 0.3) is 0 Å². The van der Waals surface area contributed by atoms with Crippen molar-refractivity contribution in [3.05, 3.63) is 0 Å². The average Bonchev–Trinajstić information content (AvgIpc) is 1.86. The molecule has 1 heterocycles. The molecule has 3 heteroatoms. The normalized spacial score (nSPS) is 34.5. The summed E-state index contributed by atoms with van der Waals surface area (Å²) in [6.45, 7) is 3.51. The molecule has 0 aromatic carbocycles. The molecule has 0 spiro atoms. The summed E-state index contributed by atoms with van der Waals surface area (Å²) in [5.74, 6) is -0.166. The molecule has 0 saturated carbocycles. The molecule has 3 nitrogen and oxygen atoms in total. The molecule has 0 aliphatic carbocycles. The van der Waals surface area contributed by atoms with Crippen LogP contribution in [0.1, 0.15) is 20.3 Å². The summed E-state index contributed by atoms with van der Waals surface area (Å²) in [5.41, 5.74) is 0. The monoisotopic (exact) mass is 144 g/mol. The number of aliphatic hydroxyl groups is 1. The number of ether oxygens (including phenoxy) is 1. The van der Waals surface area contributed by atoms with Crippen molar-refractivity contribution in [1.82, 2.24) is 0 Å². The molecule has 0 amide bonds. The number of carbonyl (C=O) groups excluding carboxylic acids is 1. The maximum atomic E-state index is 10.5. The van der Waals surface area contributed by atoms with Gasteiger partial charge in [0.15, 0.2) is 0 Å². The van der Waals surface area contributed by atoms with Gasteiger partial charge in [0.2, 0.25) is 0 Å². The number of carbonyl (C=O) groups is 1. The second-order valence-corrected chi connectivity index (χ2v) is 2.85. The molecular weight excluding hydrogens is 132 g/mol. The van der Waals surface area contributed by atoms with Crippen LogP contribution in [-0.2, 0) is 9.53 Å². The van der Waals surface area contributed by atoms with E-state index in [1.807, 2.05) is 6.92 Å². The van der Waals surface area contributed by atoms with Gasteiger partial charge in [-0.15, -0.1) is 0 Å². The van der Waals surface area contributed by atoms with E-state index >= 15 is 0 Å². The quantitative estimate of drug-likeness (QED) is 0.568. The lowest BCUT2D eigenvalue weighted by Gasteiger charge is -2.33. The molecule has 0 radical (unpaired) electrons. The van der Waals surface area contributed by atoms with Crippen LogP contribution in [-0.4, -0.2) is 23.3 Å². The Bertz CT molecular complexity index is 142. The van der Waals surface area contributed by atoms with Crippen molar-refractivity contribution in [2.24, 2.45) is 5.92 Å². The standard InChI is InChI=1S/C7H12O3/c1-4(8)3-6-5(2)7(9)10-6/h4-6,8H,3H2,1-2H3/t4-,5-,6-/m0/s1. The van der Waals surface area contributed by atoms with Gasteiger partial charge in [-0.2, -0.15) is 0 Å². The number of hydrogen-bond acceptors (Lipinski definition) is 3. The number of esters is 1. The van der Waals surface area contributed by atoms with E-state index in [0.717, 1.165) is 0 Å². The van der Waals surface area contributed by atoms with Crippen LogP contribution >= 0.6 is 0 Å². The van der Waals surface area contributed by atoms with Crippen LogP contribution in [0.3, 0.4) is 0 Å². The molecule has 1 rings (SSSR count). The fraction of sp³-hybridized carbons (Fsp3) is 0.857. The minimum Gasteiger partial charge on any atom is -0.461 e. The highest BCUT2D eigenvalue weighted by atomic mass is 16.6. The van der Waals surface area contributed by atoms with Crippen molar-refractivity contribution in [3.8, 4) is 0 Å². The minimum atomic E-state index is -0.374. The summed E-state index contributed by atoms with van der Waals surface area (Å²) in [6, 6.07) is 0. The molecule has 1 saturated heterocycles. The van der Waals surface area contributed by atoms with Gasteiger partial charge >= 0.3 is 5.97 Å². The van der Waals surface area contributed by atoms with Gasteiger partial charge in [-0.1, -0.05) is 0 Å². The maximum absolute atomic E-state index is 10.5. The zero-order valence-corrected chi connectivity index (χ0v) is 6.20. The van der Waals surface area contributed by atoms with Crippen molar-refractivity contribution < 1.29 is 14.6 Å². The molecule has 1 fully saturated rings. The molecule has 58 valence electrons. The molecule has 10 heavy (non-hydrogen) atoms. The predicted octanol–water partition coefficient (Wildman–Crippen LogP) is 0.319. The molecule has 0 aromatic heterocycles. The summed E-state index contributed by atoms with van der Waals surface area (Å²) in [7, 11) is 0. The first kappa shape index (κ1) is 7.54. The fourth-order valence-electron chi connectivity index (χ4n) is 1.03. The molecule has 1 N–H and O–H groups in total. The van der Waals surface area contributed by atoms with Crippen molar-refractivity contribution in [2.75, 3.05) is 0 Å². The maximum Gasteiger partial charge on any atom is 0.312 e. The smallest absolute Gasteiger partial charge is 0.312 e. The lowest BCUT2D eigenvalue weighted by molar-refractivity contribution is -0.185. The van der Waals surface area contributed by atoms with Crippen LogP contribution in [0.5, 0.6) is 0 Å². The Kier molecular flexibility index (Phi) is 1.94. The van der Waals surface area contributed by atoms with Crippen LogP contribution in [0.2, 0.25) is 0 Å². The highest BCUT2D eigenvalue weighted by Crippen LogP contribution is 2.25. The number of cyclic esters (lactones) is 1. The van der Waals surface area contributed by atoms with Crippen LogP contribution < -0.4 is 0 Å². The number of hydrogen-bond donors (Lipinski definition) is 1. The summed E-state index contributed by atoms with van der Waals surface area (Å²) < 4.78 is 4.76. The van der Waals surface area contributed by atoms with E-state index in [9.17, 15) is 4.79 Å². The van der Waals surface area contributed by atoms with Gasteiger partial charge in [0.25, 0.3) is 0 Å². The van der Waals surface area contributed by atoms with Crippen LogP contribution in [0.15, 0.2) is 0 Å². The van der Waals surface area contributed by atoms with Gasteiger partial charge in [0.05, 0.1) is 12.0 Å². The summed E-state index contributed by atoms with van der Waals surface area (Å²) >= 11 is 0. The molecule has 1 aliphatic rings. The first-order chi connectivity index (χ1) is 4.61. The zero-order valence-electron chi connectivity index (χ0n) is 6.20. The van der Waals surface area contributed by atoms with Gasteiger partial charge in [-0.25, -0.2) is 0 Å². The van der Waals surface area contributed by atoms with Crippen molar-refractivity contribution in [3.63, 3.8) is 0 Å². The van der Waals surface area contributed by atoms with E-state index in [1.54, 1.807) is 6.92 Å². The first-order valence-corrected chi connectivity index (χ1v) is 3.50. The van der Waals surface area contributed by atoms with Gasteiger partial charge in [0, 0.05) is 6.42 Å². The minimum absolute atomic E-state index is 0.0189. The summed E-state index contributed by atoms with van der Waals surface area (Å²) in [4.78, 5) is 10.5. The van der Waals surface area contributed by atoms with Crippen LogP contribution in [0.4, 0.5) is 0 Å². The summed E-state index contributed by atoms with van der Waals surface area (Å²) in [5, 5.41) is 8.90. The Hall–Kier alpha value is -0.570. The number of rotatable bonds is 2. The lowest BCUT2D eigenvalue weighted by Crippen LogP contribution is -2.44. The Morgan fingerprint density at radius 1 is 1.80 bits per heavy atom. The second kappa shape index (κ2) is 2.58. The SMILES string of the molecule is C[C@H](O)C[C@@H]1OC(=O)[C@H]1C. The predicted molar refractivity (Wildman–Crippen MR) is 35.3 cm³/mol. The highest BCUT2D eigenvalue weighted by molar-refractivity contribution is 5.77. The Morgan fingerprint density at radius 3 is 2.70 bits per heavy atom.